The molecule has 2 N–H and O–H groups in total. The molecule has 0 aliphatic rings. The number of aromatic nitrogens is 1. The smallest absolute Gasteiger partial charge is 0.191 e. The molecule has 0 aliphatic carbocycles. The van der Waals surface area contributed by atoms with Crippen LogP contribution < -0.4 is 15.5 Å². The first kappa shape index (κ1) is 21.1. The lowest BCUT2D eigenvalue weighted by molar-refractivity contribution is 0.606. The molecule has 0 saturated heterocycles. The van der Waals surface area contributed by atoms with E-state index in [0.717, 1.165) is 11.4 Å². The van der Waals surface area contributed by atoms with E-state index < -0.39 is 0 Å². The Morgan fingerprint density at radius 3 is 2.64 bits per heavy atom. The SMILES string of the molecule is CN=C(NCCc1ccccc1F)NCc1ccnc(N(C)C)c1.I. The van der Waals surface area contributed by atoms with Crippen molar-refractivity contribution in [1.29, 1.82) is 0 Å². The summed E-state index contributed by atoms with van der Waals surface area (Å²) in [4.78, 5) is 10.4. The Hall–Kier alpha value is -1.90. The fraction of sp³-hybridized carbons (Fsp3) is 0.333. The molecule has 5 nitrogen and oxygen atoms in total. The van der Waals surface area contributed by atoms with Crippen LogP contribution in [0.15, 0.2) is 47.6 Å². The molecule has 0 amide bonds. The Balaban J connectivity index is 0.00000312. The summed E-state index contributed by atoms with van der Waals surface area (Å²) < 4.78 is 13.6. The molecular weight excluding hydrogens is 432 g/mol. The number of hydrogen-bond donors (Lipinski definition) is 2. The van der Waals surface area contributed by atoms with Crippen LogP contribution in [0.2, 0.25) is 0 Å². The van der Waals surface area contributed by atoms with Crippen molar-refractivity contribution >= 4 is 35.8 Å². The van der Waals surface area contributed by atoms with Crippen molar-refractivity contribution < 1.29 is 4.39 Å². The average Bonchev–Trinajstić information content (AvgIpc) is 2.59. The van der Waals surface area contributed by atoms with Gasteiger partial charge in [0, 0.05) is 40.4 Å². The third-order valence-electron chi connectivity index (χ3n) is 3.60. The molecule has 1 aromatic heterocycles. The molecule has 0 unspecified atom stereocenters. The minimum atomic E-state index is -0.171. The molecule has 0 bridgehead atoms. The maximum atomic E-state index is 13.6. The highest BCUT2D eigenvalue weighted by molar-refractivity contribution is 14.0. The van der Waals surface area contributed by atoms with Crippen molar-refractivity contribution in [2.75, 3.05) is 32.6 Å². The van der Waals surface area contributed by atoms with Gasteiger partial charge in [0.2, 0.25) is 0 Å². The van der Waals surface area contributed by atoms with Crippen molar-refractivity contribution in [3.8, 4) is 0 Å². The van der Waals surface area contributed by atoms with E-state index >= 15 is 0 Å². The lowest BCUT2D eigenvalue weighted by atomic mass is 10.1. The van der Waals surface area contributed by atoms with Gasteiger partial charge in [-0.25, -0.2) is 9.37 Å². The molecule has 0 fully saturated rings. The molecule has 0 aliphatic heterocycles. The molecule has 25 heavy (non-hydrogen) atoms. The Morgan fingerprint density at radius 1 is 1.20 bits per heavy atom. The van der Waals surface area contributed by atoms with Crippen LogP contribution in [0.3, 0.4) is 0 Å². The molecule has 2 aromatic rings. The van der Waals surface area contributed by atoms with Gasteiger partial charge in [-0.1, -0.05) is 18.2 Å². The van der Waals surface area contributed by atoms with Crippen LogP contribution >= 0.6 is 24.0 Å². The normalized spacial score (nSPS) is 10.8. The summed E-state index contributed by atoms with van der Waals surface area (Å²) in [6, 6.07) is 10.8. The number of aliphatic imine (C=N–C) groups is 1. The number of rotatable bonds is 6. The van der Waals surface area contributed by atoms with Crippen LogP contribution in [0.1, 0.15) is 11.1 Å². The van der Waals surface area contributed by atoms with Crippen molar-refractivity contribution in [2.45, 2.75) is 13.0 Å². The number of nitrogens with one attached hydrogen (secondary N) is 2. The number of nitrogens with zero attached hydrogens (tertiary/aromatic N) is 3. The third-order valence-corrected chi connectivity index (χ3v) is 3.60. The van der Waals surface area contributed by atoms with Gasteiger partial charge in [-0.15, -0.1) is 24.0 Å². The fourth-order valence-corrected chi connectivity index (χ4v) is 2.24. The summed E-state index contributed by atoms with van der Waals surface area (Å²) in [7, 11) is 5.64. The van der Waals surface area contributed by atoms with Crippen LogP contribution in [-0.2, 0) is 13.0 Å². The minimum Gasteiger partial charge on any atom is -0.363 e. The Labute approximate surface area is 165 Å². The van der Waals surface area contributed by atoms with Crippen LogP contribution in [-0.4, -0.2) is 38.6 Å². The zero-order valence-corrected chi connectivity index (χ0v) is 17.1. The quantitative estimate of drug-likeness (QED) is 0.398. The van der Waals surface area contributed by atoms with Gasteiger partial charge in [0.25, 0.3) is 0 Å². The summed E-state index contributed by atoms with van der Waals surface area (Å²) >= 11 is 0. The summed E-state index contributed by atoms with van der Waals surface area (Å²) in [6.45, 7) is 1.25. The molecule has 2 rings (SSSR count). The Bertz CT molecular complexity index is 691. The highest BCUT2D eigenvalue weighted by Gasteiger charge is 2.03. The van der Waals surface area contributed by atoms with E-state index in [-0.39, 0.29) is 29.8 Å². The minimum absolute atomic E-state index is 0. The second-order valence-electron chi connectivity index (χ2n) is 5.61. The van der Waals surface area contributed by atoms with Crippen LogP contribution in [0.5, 0.6) is 0 Å². The monoisotopic (exact) mass is 457 g/mol. The highest BCUT2D eigenvalue weighted by Crippen LogP contribution is 2.09. The van der Waals surface area contributed by atoms with Crippen molar-refractivity contribution in [3.05, 3.63) is 59.5 Å². The lowest BCUT2D eigenvalue weighted by Crippen LogP contribution is -2.38. The van der Waals surface area contributed by atoms with Gasteiger partial charge >= 0.3 is 0 Å². The van der Waals surface area contributed by atoms with Gasteiger partial charge in [-0.2, -0.15) is 0 Å². The van der Waals surface area contributed by atoms with E-state index in [9.17, 15) is 4.39 Å². The van der Waals surface area contributed by atoms with Crippen LogP contribution in [0, 0.1) is 5.82 Å². The van der Waals surface area contributed by atoms with Gasteiger partial charge in [-0.05, 0) is 35.7 Å². The molecule has 0 saturated carbocycles. The predicted molar refractivity (Wildman–Crippen MR) is 112 cm³/mol. The zero-order chi connectivity index (χ0) is 17.4. The Morgan fingerprint density at radius 2 is 1.96 bits per heavy atom. The van der Waals surface area contributed by atoms with E-state index in [4.69, 9.17) is 0 Å². The first-order valence-corrected chi connectivity index (χ1v) is 7.90. The van der Waals surface area contributed by atoms with Gasteiger partial charge < -0.3 is 15.5 Å². The lowest BCUT2D eigenvalue weighted by Gasteiger charge is -2.14. The van der Waals surface area contributed by atoms with Crippen molar-refractivity contribution in [1.82, 2.24) is 15.6 Å². The summed E-state index contributed by atoms with van der Waals surface area (Å²) in [6.07, 6.45) is 2.40. The summed E-state index contributed by atoms with van der Waals surface area (Å²) in [5.74, 6) is 1.43. The third kappa shape index (κ3) is 6.85. The van der Waals surface area contributed by atoms with E-state index in [1.165, 1.54) is 6.07 Å². The van der Waals surface area contributed by atoms with E-state index in [1.807, 2.05) is 37.2 Å². The molecule has 7 heteroatoms. The highest BCUT2D eigenvalue weighted by atomic mass is 127. The molecule has 1 aromatic carbocycles. The first-order valence-electron chi connectivity index (χ1n) is 7.90. The van der Waals surface area contributed by atoms with Crippen LogP contribution in [0.25, 0.3) is 0 Å². The predicted octanol–water partition coefficient (Wildman–Crippen LogP) is 2.81. The van der Waals surface area contributed by atoms with Crippen molar-refractivity contribution in [2.24, 2.45) is 4.99 Å². The Kier molecular flexibility index (Phi) is 9.18. The molecule has 136 valence electrons. The van der Waals surface area contributed by atoms with Gasteiger partial charge in [0.1, 0.15) is 11.6 Å². The zero-order valence-electron chi connectivity index (χ0n) is 14.8. The maximum Gasteiger partial charge on any atom is 0.191 e. The van der Waals surface area contributed by atoms with E-state index in [1.54, 1.807) is 25.4 Å². The van der Waals surface area contributed by atoms with E-state index in [2.05, 4.69) is 20.6 Å². The second kappa shape index (κ2) is 10.9. The fourth-order valence-electron chi connectivity index (χ4n) is 2.24. The molecular formula is C18H25FIN5. The molecule has 0 spiro atoms. The van der Waals surface area contributed by atoms with Crippen molar-refractivity contribution in [3.63, 3.8) is 0 Å². The largest absolute Gasteiger partial charge is 0.363 e. The van der Waals surface area contributed by atoms with Gasteiger partial charge in [0.15, 0.2) is 5.96 Å². The summed E-state index contributed by atoms with van der Waals surface area (Å²) in [5.41, 5.74) is 1.82. The molecule has 1 heterocycles. The second-order valence-corrected chi connectivity index (χ2v) is 5.61. The first-order chi connectivity index (χ1) is 11.6. The number of hydrogen-bond acceptors (Lipinski definition) is 3. The maximum absolute atomic E-state index is 13.6. The number of halogens is 2. The van der Waals surface area contributed by atoms with Crippen LogP contribution in [0.4, 0.5) is 10.2 Å². The number of pyridine rings is 1. The number of guanidine groups is 1. The number of anilines is 1. The number of benzene rings is 1. The average molecular weight is 457 g/mol. The van der Waals surface area contributed by atoms with Gasteiger partial charge in [0.05, 0.1) is 0 Å². The summed E-state index contributed by atoms with van der Waals surface area (Å²) in [5, 5.41) is 6.45. The standard InChI is InChI=1S/C18H24FN5.HI/c1-20-18(22-11-9-15-6-4-5-7-16(15)19)23-13-14-8-10-21-17(12-14)24(2)3;/h4-8,10,12H,9,11,13H2,1-3H3,(H2,20,22,23);1H. The topological polar surface area (TPSA) is 52.6 Å². The van der Waals surface area contributed by atoms with E-state index in [0.29, 0.717) is 31.0 Å². The molecule has 0 atom stereocenters. The van der Waals surface area contributed by atoms with Gasteiger partial charge in [-0.3, -0.25) is 4.99 Å². The molecule has 0 radical (unpaired) electrons.